The zero-order chi connectivity index (χ0) is 22.0. The fourth-order valence-electron chi connectivity index (χ4n) is 3.11. The number of halogens is 1. The van der Waals surface area contributed by atoms with Crippen LogP contribution in [0, 0.1) is 24.3 Å². The number of benzene rings is 2. The Labute approximate surface area is 193 Å². The smallest absolute Gasteiger partial charge is 0.255 e. The van der Waals surface area contributed by atoms with Crippen LogP contribution in [0.5, 0.6) is 11.6 Å². The quantitative estimate of drug-likeness (QED) is 0.361. The SMILES string of the molecule is Cc1cc(C)n(-c2cc(Oc3ccc(NC(=O)c4cccc(I)c4)cc3)nc(C)n2)n1. The van der Waals surface area contributed by atoms with E-state index in [-0.39, 0.29) is 5.91 Å². The van der Waals surface area contributed by atoms with Crippen molar-refractivity contribution in [3.63, 3.8) is 0 Å². The van der Waals surface area contributed by atoms with Crippen LogP contribution in [-0.2, 0) is 0 Å². The predicted molar refractivity (Wildman–Crippen MR) is 127 cm³/mol. The maximum absolute atomic E-state index is 12.4. The van der Waals surface area contributed by atoms with Crippen molar-refractivity contribution in [3.8, 4) is 17.4 Å². The van der Waals surface area contributed by atoms with Gasteiger partial charge in [0.25, 0.3) is 5.91 Å². The molecule has 2 aromatic carbocycles. The Bertz CT molecular complexity index is 1250. The van der Waals surface area contributed by atoms with Gasteiger partial charge in [0.2, 0.25) is 5.88 Å². The normalized spacial score (nSPS) is 10.7. The summed E-state index contributed by atoms with van der Waals surface area (Å²) in [6.45, 7) is 5.72. The van der Waals surface area contributed by atoms with E-state index < -0.39 is 0 Å². The van der Waals surface area contributed by atoms with Crippen molar-refractivity contribution >= 4 is 34.2 Å². The van der Waals surface area contributed by atoms with Gasteiger partial charge in [-0.3, -0.25) is 4.79 Å². The van der Waals surface area contributed by atoms with Crippen LogP contribution in [0.2, 0.25) is 0 Å². The van der Waals surface area contributed by atoms with E-state index in [0.717, 1.165) is 15.0 Å². The summed E-state index contributed by atoms with van der Waals surface area (Å²) in [7, 11) is 0. The third kappa shape index (κ3) is 5.08. The molecule has 7 nitrogen and oxygen atoms in total. The summed E-state index contributed by atoms with van der Waals surface area (Å²) in [5, 5.41) is 7.36. The van der Waals surface area contributed by atoms with Gasteiger partial charge in [0.15, 0.2) is 5.82 Å². The van der Waals surface area contributed by atoms with Gasteiger partial charge in [0, 0.05) is 26.6 Å². The zero-order valence-electron chi connectivity index (χ0n) is 17.3. The summed E-state index contributed by atoms with van der Waals surface area (Å²) >= 11 is 2.18. The number of hydrogen-bond donors (Lipinski definition) is 1. The van der Waals surface area contributed by atoms with Gasteiger partial charge >= 0.3 is 0 Å². The number of carbonyl (C=O) groups excluding carboxylic acids is 1. The van der Waals surface area contributed by atoms with E-state index in [9.17, 15) is 4.79 Å². The van der Waals surface area contributed by atoms with Gasteiger partial charge < -0.3 is 10.1 Å². The van der Waals surface area contributed by atoms with Crippen LogP contribution in [0.3, 0.4) is 0 Å². The summed E-state index contributed by atoms with van der Waals surface area (Å²) in [5.74, 6) is 2.10. The monoisotopic (exact) mass is 525 g/mol. The molecular weight excluding hydrogens is 505 g/mol. The number of nitrogens with one attached hydrogen (secondary N) is 1. The minimum atomic E-state index is -0.159. The molecule has 2 aromatic heterocycles. The predicted octanol–water partition coefficient (Wildman–Crippen LogP) is 5.24. The van der Waals surface area contributed by atoms with Crippen molar-refractivity contribution in [1.29, 1.82) is 0 Å². The average molecular weight is 525 g/mol. The highest BCUT2D eigenvalue weighted by Crippen LogP contribution is 2.24. The summed E-state index contributed by atoms with van der Waals surface area (Å²) in [5.41, 5.74) is 3.19. The summed E-state index contributed by atoms with van der Waals surface area (Å²) in [6, 6.07) is 18.3. The molecular formula is C23H20IN5O2. The van der Waals surface area contributed by atoms with Crippen molar-refractivity contribution in [3.05, 3.63) is 87.0 Å². The van der Waals surface area contributed by atoms with Gasteiger partial charge in [-0.1, -0.05) is 6.07 Å². The minimum Gasteiger partial charge on any atom is -0.439 e. The largest absolute Gasteiger partial charge is 0.439 e. The van der Waals surface area contributed by atoms with Crippen molar-refractivity contribution in [2.45, 2.75) is 20.8 Å². The standard InChI is InChI=1S/C23H20IN5O2/c1-14-11-15(2)29(28-14)21-13-22(26-16(3)25-21)31-20-9-7-19(8-10-20)27-23(30)17-5-4-6-18(24)12-17/h4-13H,1-3H3,(H,27,30). The number of aromatic nitrogens is 4. The average Bonchev–Trinajstić information content (AvgIpc) is 3.07. The van der Waals surface area contributed by atoms with Gasteiger partial charge in [0.1, 0.15) is 11.6 Å². The van der Waals surface area contributed by atoms with E-state index >= 15 is 0 Å². The first kappa shape index (κ1) is 21.0. The molecule has 4 rings (SSSR count). The molecule has 0 radical (unpaired) electrons. The van der Waals surface area contributed by atoms with Crippen LogP contribution in [0.1, 0.15) is 27.6 Å². The number of carbonyl (C=O) groups is 1. The van der Waals surface area contributed by atoms with E-state index in [2.05, 4.69) is 43.0 Å². The number of hydrogen-bond acceptors (Lipinski definition) is 5. The minimum absolute atomic E-state index is 0.159. The molecule has 0 saturated heterocycles. The lowest BCUT2D eigenvalue weighted by atomic mass is 10.2. The van der Waals surface area contributed by atoms with Crippen LogP contribution >= 0.6 is 22.6 Å². The molecule has 0 atom stereocenters. The summed E-state index contributed by atoms with van der Waals surface area (Å²) in [6.07, 6.45) is 0. The van der Waals surface area contributed by atoms with Gasteiger partial charge in [-0.2, -0.15) is 10.1 Å². The Morgan fingerprint density at radius 3 is 2.45 bits per heavy atom. The van der Waals surface area contributed by atoms with E-state index in [1.807, 2.05) is 45.0 Å². The van der Waals surface area contributed by atoms with Crippen LogP contribution in [0.4, 0.5) is 5.69 Å². The second kappa shape index (κ2) is 8.84. The number of ether oxygens (including phenoxy) is 1. The Kier molecular flexibility index (Phi) is 5.99. The number of amides is 1. The van der Waals surface area contributed by atoms with E-state index in [1.165, 1.54) is 0 Å². The molecule has 1 amide bonds. The summed E-state index contributed by atoms with van der Waals surface area (Å²) < 4.78 is 8.69. The third-order valence-corrected chi connectivity index (χ3v) is 5.12. The van der Waals surface area contributed by atoms with Crippen molar-refractivity contribution in [2.75, 3.05) is 5.32 Å². The first-order valence-corrected chi connectivity index (χ1v) is 10.7. The Balaban J connectivity index is 1.49. The van der Waals surface area contributed by atoms with E-state index in [0.29, 0.717) is 34.5 Å². The first-order valence-electron chi connectivity index (χ1n) is 9.61. The second-order valence-corrected chi connectivity index (χ2v) is 8.29. The molecule has 0 unspecified atom stereocenters. The number of rotatable bonds is 5. The van der Waals surface area contributed by atoms with Crippen molar-refractivity contribution < 1.29 is 9.53 Å². The second-order valence-electron chi connectivity index (χ2n) is 7.04. The Morgan fingerprint density at radius 1 is 1.00 bits per heavy atom. The van der Waals surface area contributed by atoms with Crippen LogP contribution in [-0.4, -0.2) is 25.7 Å². The van der Waals surface area contributed by atoms with Crippen LogP contribution in [0.25, 0.3) is 5.82 Å². The molecule has 8 heteroatoms. The van der Waals surface area contributed by atoms with Crippen LogP contribution in [0.15, 0.2) is 60.7 Å². The van der Waals surface area contributed by atoms with E-state index in [1.54, 1.807) is 41.1 Å². The van der Waals surface area contributed by atoms with Gasteiger partial charge in [-0.25, -0.2) is 9.67 Å². The fourth-order valence-corrected chi connectivity index (χ4v) is 3.65. The molecule has 2 heterocycles. The van der Waals surface area contributed by atoms with E-state index in [4.69, 9.17) is 4.74 Å². The molecule has 1 N–H and O–H groups in total. The molecule has 0 bridgehead atoms. The third-order valence-electron chi connectivity index (χ3n) is 4.45. The molecule has 0 aliphatic rings. The van der Waals surface area contributed by atoms with Crippen molar-refractivity contribution in [2.24, 2.45) is 0 Å². The number of nitrogens with zero attached hydrogens (tertiary/aromatic N) is 4. The lowest BCUT2D eigenvalue weighted by Gasteiger charge is -2.10. The Hall–Kier alpha value is -3.27. The molecule has 0 fully saturated rings. The first-order chi connectivity index (χ1) is 14.9. The maximum atomic E-state index is 12.4. The Morgan fingerprint density at radius 2 is 1.77 bits per heavy atom. The highest BCUT2D eigenvalue weighted by atomic mass is 127. The van der Waals surface area contributed by atoms with Gasteiger partial charge in [0.05, 0.1) is 5.69 Å². The van der Waals surface area contributed by atoms with Crippen LogP contribution < -0.4 is 10.1 Å². The highest BCUT2D eigenvalue weighted by molar-refractivity contribution is 14.1. The highest BCUT2D eigenvalue weighted by Gasteiger charge is 2.11. The number of anilines is 1. The topological polar surface area (TPSA) is 81.9 Å². The molecule has 0 aliphatic carbocycles. The van der Waals surface area contributed by atoms with Crippen molar-refractivity contribution in [1.82, 2.24) is 19.7 Å². The molecule has 0 spiro atoms. The molecule has 4 aromatic rings. The molecule has 31 heavy (non-hydrogen) atoms. The lowest BCUT2D eigenvalue weighted by molar-refractivity contribution is 0.102. The lowest BCUT2D eigenvalue weighted by Crippen LogP contribution is -2.11. The molecule has 156 valence electrons. The summed E-state index contributed by atoms with van der Waals surface area (Å²) in [4.78, 5) is 21.2. The maximum Gasteiger partial charge on any atom is 0.255 e. The number of aryl methyl sites for hydroxylation is 3. The molecule has 0 saturated carbocycles. The van der Waals surface area contributed by atoms with Gasteiger partial charge in [-0.05, 0) is 91.9 Å². The van der Waals surface area contributed by atoms with Gasteiger partial charge in [-0.15, -0.1) is 0 Å². The zero-order valence-corrected chi connectivity index (χ0v) is 19.4. The fraction of sp³-hybridized carbons (Fsp3) is 0.130. The molecule has 0 aliphatic heterocycles.